The quantitative estimate of drug-likeness (QED) is 0.915. The van der Waals surface area contributed by atoms with Gasteiger partial charge in [0.1, 0.15) is 0 Å². The van der Waals surface area contributed by atoms with Crippen LogP contribution in [0, 0.1) is 0 Å². The summed E-state index contributed by atoms with van der Waals surface area (Å²) in [7, 11) is 3.96. The first-order chi connectivity index (χ1) is 12.0. The second-order valence-electron chi connectivity index (χ2n) is 6.46. The highest BCUT2D eigenvalue weighted by molar-refractivity contribution is 7.12. The number of thiophene rings is 1. The maximum Gasteiger partial charge on any atom is 0.261 e. The molecule has 2 aromatic rings. The van der Waals surface area contributed by atoms with Gasteiger partial charge in [-0.2, -0.15) is 0 Å². The highest BCUT2D eigenvalue weighted by Crippen LogP contribution is 2.18. The number of nitrogens with zero attached hydrogens (tertiary/aromatic N) is 2. The van der Waals surface area contributed by atoms with Gasteiger partial charge < -0.3 is 15.1 Å². The molecule has 2 heterocycles. The van der Waals surface area contributed by atoms with Gasteiger partial charge in [-0.15, -0.1) is 11.3 Å². The van der Waals surface area contributed by atoms with Crippen LogP contribution in [0.1, 0.15) is 32.9 Å². The first kappa shape index (κ1) is 17.5. The van der Waals surface area contributed by atoms with Gasteiger partial charge in [0, 0.05) is 44.5 Å². The van der Waals surface area contributed by atoms with Gasteiger partial charge in [0.05, 0.1) is 4.88 Å². The van der Waals surface area contributed by atoms with Crippen LogP contribution >= 0.6 is 11.3 Å². The van der Waals surface area contributed by atoms with Crippen molar-refractivity contribution in [2.75, 3.05) is 32.1 Å². The summed E-state index contributed by atoms with van der Waals surface area (Å²) < 4.78 is 0. The summed E-state index contributed by atoms with van der Waals surface area (Å²) in [5, 5.41) is 4.97. The number of piperidine rings is 1. The highest BCUT2D eigenvalue weighted by atomic mass is 32.1. The van der Waals surface area contributed by atoms with Crippen LogP contribution in [0.4, 0.5) is 5.69 Å². The number of hydrogen-bond donors (Lipinski definition) is 1. The Bertz CT molecular complexity index is 718. The minimum atomic E-state index is -0.0148. The predicted molar refractivity (Wildman–Crippen MR) is 101 cm³/mol. The predicted octanol–water partition coefficient (Wildman–Crippen LogP) is 2.85. The van der Waals surface area contributed by atoms with E-state index < -0.39 is 0 Å². The Balaban J connectivity index is 1.53. The van der Waals surface area contributed by atoms with Crippen molar-refractivity contribution in [1.29, 1.82) is 0 Å². The van der Waals surface area contributed by atoms with Crippen LogP contribution in [0.5, 0.6) is 0 Å². The molecular formula is C19H23N3O2S. The molecule has 1 N–H and O–H groups in total. The monoisotopic (exact) mass is 357 g/mol. The minimum absolute atomic E-state index is 0.0148. The number of likely N-dealkylation sites (tertiary alicyclic amines) is 1. The summed E-state index contributed by atoms with van der Waals surface area (Å²) in [4.78, 5) is 29.4. The normalized spacial score (nSPS) is 15.0. The van der Waals surface area contributed by atoms with Crippen molar-refractivity contribution in [1.82, 2.24) is 10.2 Å². The van der Waals surface area contributed by atoms with Crippen molar-refractivity contribution in [3.63, 3.8) is 0 Å². The first-order valence-corrected chi connectivity index (χ1v) is 9.33. The molecule has 1 aromatic heterocycles. The van der Waals surface area contributed by atoms with E-state index in [4.69, 9.17) is 0 Å². The second-order valence-corrected chi connectivity index (χ2v) is 7.41. The molecule has 25 heavy (non-hydrogen) atoms. The molecule has 1 fully saturated rings. The lowest BCUT2D eigenvalue weighted by molar-refractivity contribution is 0.0698. The van der Waals surface area contributed by atoms with Crippen LogP contribution in [-0.4, -0.2) is 49.9 Å². The van der Waals surface area contributed by atoms with Crippen molar-refractivity contribution < 1.29 is 9.59 Å². The van der Waals surface area contributed by atoms with Gasteiger partial charge in [-0.3, -0.25) is 9.59 Å². The Hall–Kier alpha value is -2.34. The molecule has 0 atom stereocenters. The van der Waals surface area contributed by atoms with Gasteiger partial charge in [0.25, 0.3) is 11.8 Å². The summed E-state index contributed by atoms with van der Waals surface area (Å²) >= 11 is 1.45. The van der Waals surface area contributed by atoms with E-state index in [0.717, 1.165) is 23.4 Å². The van der Waals surface area contributed by atoms with E-state index in [1.165, 1.54) is 11.3 Å². The van der Waals surface area contributed by atoms with Crippen LogP contribution in [0.3, 0.4) is 0 Å². The third-order valence-electron chi connectivity index (χ3n) is 4.49. The molecule has 0 saturated carbocycles. The Labute approximate surface area is 152 Å². The molecule has 132 valence electrons. The molecule has 6 heteroatoms. The summed E-state index contributed by atoms with van der Waals surface area (Å²) in [5.74, 6) is 0.0485. The Morgan fingerprint density at radius 2 is 1.80 bits per heavy atom. The second kappa shape index (κ2) is 7.70. The molecule has 5 nitrogen and oxygen atoms in total. The fourth-order valence-corrected chi connectivity index (χ4v) is 3.60. The van der Waals surface area contributed by atoms with E-state index in [-0.39, 0.29) is 17.9 Å². The van der Waals surface area contributed by atoms with Crippen molar-refractivity contribution >= 4 is 28.8 Å². The average molecular weight is 357 g/mol. The van der Waals surface area contributed by atoms with Gasteiger partial charge in [-0.05, 0) is 48.6 Å². The number of rotatable bonds is 4. The largest absolute Gasteiger partial charge is 0.378 e. The molecular weight excluding hydrogens is 334 g/mol. The SMILES string of the molecule is CN(C)c1ccc(C(=O)N2CCC(NC(=O)c3cccs3)CC2)cc1. The molecule has 0 unspecified atom stereocenters. The first-order valence-electron chi connectivity index (χ1n) is 8.45. The standard InChI is InChI=1S/C19H23N3O2S/c1-21(2)16-7-5-14(6-8-16)19(24)22-11-9-15(10-12-22)20-18(23)17-4-3-13-25-17/h3-8,13,15H,9-12H2,1-2H3,(H,20,23). The van der Waals surface area contributed by atoms with Gasteiger partial charge in [0.2, 0.25) is 0 Å². The molecule has 0 aliphatic carbocycles. The average Bonchev–Trinajstić information content (AvgIpc) is 3.17. The number of amides is 2. The zero-order valence-corrected chi connectivity index (χ0v) is 15.4. The molecule has 1 saturated heterocycles. The molecule has 2 amide bonds. The molecule has 3 rings (SSSR count). The van der Waals surface area contributed by atoms with Crippen LogP contribution < -0.4 is 10.2 Å². The van der Waals surface area contributed by atoms with E-state index in [9.17, 15) is 9.59 Å². The molecule has 0 bridgehead atoms. The Morgan fingerprint density at radius 1 is 1.12 bits per heavy atom. The zero-order valence-electron chi connectivity index (χ0n) is 14.6. The number of anilines is 1. The van der Waals surface area contributed by atoms with Gasteiger partial charge in [0.15, 0.2) is 0 Å². The van der Waals surface area contributed by atoms with Gasteiger partial charge in [-0.25, -0.2) is 0 Å². The number of carbonyl (C=O) groups excluding carboxylic acids is 2. The summed E-state index contributed by atoms with van der Waals surface area (Å²) in [6.07, 6.45) is 1.58. The van der Waals surface area contributed by atoms with Crippen molar-refractivity contribution in [3.05, 3.63) is 52.2 Å². The minimum Gasteiger partial charge on any atom is -0.378 e. The Morgan fingerprint density at radius 3 is 2.36 bits per heavy atom. The van der Waals surface area contributed by atoms with Crippen molar-refractivity contribution in [2.24, 2.45) is 0 Å². The lowest BCUT2D eigenvalue weighted by Crippen LogP contribution is -2.46. The zero-order chi connectivity index (χ0) is 17.8. The van der Waals surface area contributed by atoms with Crippen LogP contribution in [0.15, 0.2) is 41.8 Å². The van der Waals surface area contributed by atoms with E-state index >= 15 is 0 Å². The summed E-state index contributed by atoms with van der Waals surface area (Å²) in [6, 6.07) is 11.5. The van der Waals surface area contributed by atoms with Gasteiger partial charge in [-0.1, -0.05) is 6.07 Å². The number of benzene rings is 1. The molecule has 1 aliphatic heterocycles. The number of hydrogen-bond acceptors (Lipinski definition) is 4. The molecule has 0 spiro atoms. The lowest BCUT2D eigenvalue weighted by Gasteiger charge is -2.32. The topological polar surface area (TPSA) is 52.7 Å². The summed E-state index contributed by atoms with van der Waals surface area (Å²) in [6.45, 7) is 1.34. The van der Waals surface area contributed by atoms with Gasteiger partial charge >= 0.3 is 0 Å². The van der Waals surface area contributed by atoms with Crippen LogP contribution in [0.2, 0.25) is 0 Å². The van der Waals surface area contributed by atoms with E-state index in [0.29, 0.717) is 18.7 Å². The van der Waals surface area contributed by atoms with E-state index in [1.54, 1.807) is 0 Å². The molecule has 1 aliphatic rings. The van der Waals surface area contributed by atoms with Crippen molar-refractivity contribution in [2.45, 2.75) is 18.9 Å². The highest BCUT2D eigenvalue weighted by Gasteiger charge is 2.25. The third kappa shape index (κ3) is 4.20. The lowest BCUT2D eigenvalue weighted by atomic mass is 10.0. The molecule has 0 radical (unpaired) electrons. The van der Waals surface area contributed by atoms with Crippen LogP contribution in [0.25, 0.3) is 0 Å². The maximum atomic E-state index is 12.6. The molecule has 1 aromatic carbocycles. The fraction of sp³-hybridized carbons (Fsp3) is 0.368. The van der Waals surface area contributed by atoms with Crippen LogP contribution in [-0.2, 0) is 0 Å². The smallest absolute Gasteiger partial charge is 0.261 e. The number of carbonyl (C=O) groups is 2. The Kier molecular flexibility index (Phi) is 5.38. The fourth-order valence-electron chi connectivity index (χ4n) is 2.98. The third-order valence-corrected chi connectivity index (χ3v) is 5.36. The van der Waals surface area contributed by atoms with E-state index in [2.05, 4.69) is 5.32 Å². The number of nitrogens with one attached hydrogen (secondary N) is 1. The maximum absolute atomic E-state index is 12.6. The van der Waals surface area contributed by atoms with Crippen molar-refractivity contribution in [3.8, 4) is 0 Å². The van der Waals surface area contributed by atoms with E-state index in [1.807, 2.05) is 65.7 Å². The summed E-state index contributed by atoms with van der Waals surface area (Å²) in [5.41, 5.74) is 1.79.